The van der Waals surface area contributed by atoms with E-state index in [1.54, 1.807) is 25.1 Å². The summed E-state index contributed by atoms with van der Waals surface area (Å²) in [5.41, 5.74) is 2.55. The molecule has 1 aromatic heterocycles. The first-order valence-electron chi connectivity index (χ1n) is 9.72. The highest BCUT2D eigenvalue weighted by Gasteiger charge is 2.19. The Kier molecular flexibility index (Phi) is 5.52. The van der Waals surface area contributed by atoms with Crippen LogP contribution >= 0.6 is 0 Å². The van der Waals surface area contributed by atoms with Crippen LogP contribution in [0.15, 0.2) is 42.5 Å². The van der Waals surface area contributed by atoms with Gasteiger partial charge in [0.05, 0.1) is 6.42 Å². The Morgan fingerprint density at radius 2 is 1.73 bits per heavy atom. The van der Waals surface area contributed by atoms with Crippen LogP contribution < -0.4 is 9.47 Å². The summed E-state index contributed by atoms with van der Waals surface area (Å²) in [4.78, 5) is 40.1. The number of carbonyl (C=O) groups is 3. The minimum atomic E-state index is -0.591. The number of benzene rings is 2. The zero-order chi connectivity index (χ0) is 21.1. The number of fused-ring (bicyclic) bond motifs is 2. The molecule has 0 unspecified atom stereocenters. The van der Waals surface area contributed by atoms with Gasteiger partial charge in [-0.15, -0.1) is 0 Å². The van der Waals surface area contributed by atoms with Crippen molar-refractivity contribution in [3.05, 3.63) is 59.3 Å². The highest BCUT2D eigenvalue weighted by Crippen LogP contribution is 2.31. The van der Waals surface area contributed by atoms with Crippen molar-refractivity contribution >= 4 is 28.4 Å². The fourth-order valence-corrected chi connectivity index (χ4v) is 3.50. The van der Waals surface area contributed by atoms with Gasteiger partial charge in [0.15, 0.2) is 23.9 Å². The number of ketones is 2. The lowest BCUT2D eigenvalue weighted by Crippen LogP contribution is -2.16. The molecular weight excluding hydrogens is 386 g/mol. The number of esters is 1. The molecule has 1 aliphatic rings. The number of carbonyl (C=O) groups excluding carboxylic acids is 3. The minimum Gasteiger partial charge on any atom is -0.486 e. The van der Waals surface area contributed by atoms with Gasteiger partial charge in [0.1, 0.15) is 13.2 Å². The van der Waals surface area contributed by atoms with Crippen LogP contribution in [0.2, 0.25) is 0 Å². The lowest BCUT2D eigenvalue weighted by molar-refractivity contribution is -0.142. The normalized spacial score (nSPS) is 12.6. The van der Waals surface area contributed by atoms with Crippen LogP contribution in [0.25, 0.3) is 10.9 Å². The average Bonchev–Trinajstić information content (AvgIpc) is 3.11. The number of nitrogens with one attached hydrogen (secondary N) is 1. The van der Waals surface area contributed by atoms with Crippen LogP contribution in [0, 0.1) is 6.92 Å². The molecule has 0 amide bonds. The molecule has 3 aromatic rings. The van der Waals surface area contributed by atoms with Crippen molar-refractivity contribution in [1.29, 1.82) is 0 Å². The van der Waals surface area contributed by atoms with E-state index < -0.39 is 5.97 Å². The molecule has 4 rings (SSSR count). The molecular formula is C23H21NO6. The molecule has 0 fully saturated rings. The molecule has 30 heavy (non-hydrogen) atoms. The second-order valence-electron chi connectivity index (χ2n) is 7.04. The van der Waals surface area contributed by atoms with Gasteiger partial charge in [0, 0.05) is 34.1 Å². The summed E-state index contributed by atoms with van der Waals surface area (Å²) >= 11 is 0. The number of ether oxygens (including phenoxy) is 3. The van der Waals surface area contributed by atoms with E-state index in [2.05, 4.69) is 4.98 Å². The zero-order valence-electron chi connectivity index (χ0n) is 16.5. The number of aromatic nitrogens is 1. The number of aryl methyl sites for hydroxylation is 1. The van der Waals surface area contributed by atoms with Gasteiger partial charge < -0.3 is 19.2 Å². The lowest BCUT2D eigenvalue weighted by Gasteiger charge is -2.18. The third-order valence-corrected chi connectivity index (χ3v) is 4.96. The third-order valence-electron chi connectivity index (χ3n) is 4.96. The summed E-state index contributed by atoms with van der Waals surface area (Å²) in [5.74, 6) is 0.0450. The molecule has 7 nitrogen and oxygen atoms in total. The number of para-hydroxylation sites is 1. The van der Waals surface area contributed by atoms with Gasteiger partial charge in [-0.1, -0.05) is 18.2 Å². The average molecular weight is 407 g/mol. The van der Waals surface area contributed by atoms with Gasteiger partial charge in [0.2, 0.25) is 5.78 Å². The third kappa shape index (κ3) is 4.05. The summed E-state index contributed by atoms with van der Waals surface area (Å²) in [7, 11) is 0. The Hall–Kier alpha value is -3.61. The molecule has 0 saturated carbocycles. The van der Waals surface area contributed by atoms with E-state index in [-0.39, 0.29) is 31.0 Å². The van der Waals surface area contributed by atoms with Crippen molar-refractivity contribution in [2.75, 3.05) is 19.8 Å². The highest BCUT2D eigenvalue weighted by atomic mass is 16.6. The topological polar surface area (TPSA) is 94.7 Å². The number of rotatable bonds is 7. The quantitative estimate of drug-likeness (QED) is 0.475. The van der Waals surface area contributed by atoms with Crippen LogP contribution in [0.3, 0.4) is 0 Å². The molecule has 1 aliphatic heterocycles. The smallest absolute Gasteiger partial charge is 0.306 e. The lowest BCUT2D eigenvalue weighted by atomic mass is 10.1. The second-order valence-corrected chi connectivity index (χ2v) is 7.04. The van der Waals surface area contributed by atoms with Crippen LogP contribution in [0.4, 0.5) is 0 Å². The van der Waals surface area contributed by atoms with Gasteiger partial charge in [0.25, 0.3) is 0 Å². The predicted octanol–water partition coefficient (Wildman–Crippen LogP) is 3.64. The molecule has 0 aliphatic carbocycles. The number of hydrogen-bond acceptors (Lipinski definition) is 6. The first-order valence-corrected chi connectivity index (χ1v) is 9.72. The number of hydrogen-bond donors (Lipinski definition) is 1. The molecule has 154 valence electrons. The number of aromatic amines is 1. The molecule has 0 atom stereocenters. The van der Waals surface area contributed by atoms with E-state index >= 15 is 0 Å². The minimum absolute atomic E-state index is 0.0151. The monoisotopic (exact) mass is 407 g/mol. The van der Waals surface area contributed by atoms with Crippen molar-refractivity contribution in [3.63, 3.8) is 0 Å². The van der Waals surface area contributed by atoms with Gasteiger partial charge in [-0.05, 0) is 31.2 Å². The maximum atomic E-state index is 12.6. The largest absolute Gasteiger partial charge is 0.486 e. The maximum Gasteiger partial charge on any atom is 0.306 e. The Labute approximate surface area is 172 Å². The molecule has 0 spiro atoms. The number of H-pyrrole nitrogens is 1. The van der Waals surface area contributed by atoms with E-state index in [0.717, 1.165) is 16.6 Å². The molecule has 0 saturated heterocycles. The van der Waals surface area contributed by atoms with E-state index in [0.29, 0.717) is 35.8 Å². The van der Waals surface area contributed by atoms with Crippen LogP contribution in [0.1, 0.15) is 39.3 Å². The van der Waals surface area contributed by atoms with Gasteiger partial charge in [-0.25, -0.2) is 0 Å². The van der Waals surface area contributed by atoms with E-state index in [1.165, 1.54) is 0 Å². The Bertz CT molecular complexity index is 1130. The van der Waals surface area contributed by atoms with Gasteiger partial charge in [-0.2, -0.15) is 0 Å². The van der Waals surface area contributed by atoms with E-state index in [1.807, 2.05) is 24.3 Å². The van der Waals surface area contributed by atoms with E-state index in [4.69, 9.17) is 14.2 Å². The zero-order valence-corrected chi connectivity index (χ0v) is 16.5. The SMILES string of the molecule is Cc1[nH]c2ccccc2c1C(=O)COC(=O)CCC(=O)c1ccc2c(c1)OCCO2. The van der Waals surface area contributed by atoms with Gasteiger partial charge >= 0.3 is 5.97 Å². The molecule has 0 radical (unpaired) electrons. The van der Waals surface area contributed by atoms with Crippen LogP contribution in [0.5, 0.6) is 11.5 Å². The molecule has 1 N–H and O–H groups in total. The van der Waals surface area contributed by atoms with E-state index in [9.17, 15) is 14.4 Å². The first-order chi connectivity index (χ1) is 14.5. The predicted molar refractivity (Wildman–Crippen MR) is 109 cm³/mol. The van der Waals surface area contributed by atoms with Crippen molar-refractivity contribution in [1.82, 2.24) is 4.98 Å². The van der Waals surface area contributed by atoms with Gasteiger partial charge in [-0.3, -0.25) is 14.4 Å². The maximum absolute atomic E-state index is 12.6. The number of Topliss-reactive ketones (excluding diaryl/α,β-unsaturated/α-hetero) is 2. The molecule has 2 heterocycles. The summed E-state index contributed by atoms with van der Waals surface area (Å²) in [6, 6.07) is 12.4. The van der Waals surface area contributed by atoms with Crippen LogP contribution in [-0.4, -0.2) is 42.3 Å². The Morgan fingerprint density at radius 1 is 0.967 bits per heavy atom. The molecule has 0 bridgehead atoms. The summed E-state index contributed by atoms with van der Waals surface area (Å²) in [6.45, 7) is 2.35. The Balaban J connectivity index is 1.31. The van der Waals surface area contributed by atoms with Crippen molar-refractivity contribution in [2.45, 2.75) is 19.8 Å². The Morgan fingerprint density at radius 3 is 2.57 bits per heavy atom. The standard InChI is InChI=1S/C23H21NO6/c1-14-23(16-4-2-3-5-17(16)24-14)19(26)13-30-22(27)9-7-18(25)15-6-8-20-21(12-15)29-11-10-28-20/h2-6,8,12,24H,7,9-11,13H2,1H3. The molecule has 7 heteroatoms. The second kappa shape index (κ2) is 8.41. The first kappa shape index (κ1) is 19.7. The van der Waals surface area contributed by atoms with Crippen molar-refractivity contribution in [2.24, 2.45) is 0 Å². The summed E-state index contributed by atoms with van der Waals surface area (Å²) in [6.07, 6.45) is -0.119. The molecule has 2 aromatic carbocycles. The van der Waals surface area contributed by atoms with Crippen molar-refractivity contribution in [3.8, 4) is 11.5 Å². The van der Waals surface area contributed by atoms with Crippen LogP contribution in [-0.2, 0) is 9.53 Å². The summed E-state index contributed by atoms with van der Waals surface area (Å²) < 4.78 is 16.0. The van der Waals surface area contributed by atoms with Crippen molar-refractivity contribution < 1.29 is 28.6 Å². The fourth-order valence-electron chi connectivity index (χ4n) is 3.50. The summed E-state index contributed by atoms with van der Waals surface area (Å²) in [5, 5.41) is 0.796. The highest BCUT2D eigenvalue weighted by molar-refractivity contribution is 6.10. The fraction of sp³-hybridized carbons (Fsp3) is 0.261.